The van der Waals surface area contributed by atoms with Crippen LogP contribution in [0.1, 0.15) is 39.0 Å². The topological polar surface area (TPSA) is 104 Å². The summed E-state index contributed by atoms with van der Waals surface area (Å²) in [6, 6.07) is -0.473. The second-order valence-corrected chi connectivity index (χ2v) is 8.16. The molecule has 0 spiro atoms. The second-order valence-electron chi connectivity index (χ2n) is 5.76. The summed E-state index contributed by atoms with van der Waals surface area (Å²) < 4.78 is 23.5. The number of hydrogen-bond donors (Lipinski definition) is 2. The van der Waals surface area contributed by atoms with Crippen LogP contribution in [0.3, 0.4) is 0 Å². The fraction of sp³-hybridized carbons (Fsp3) is 0.846. The molecule has 0 saturated carbocycles. The number of carboxylic acids is 1. The third kappa shape index (κ3) is 2.86. The number of carbonyl (C=O) groups is 2. The number of hydrogen-bond acceptors (Lipinski definition) is 4. The molecule has 2 atom stereocenters. The fourth-order valence-corrected chi connectivity index (χ4v) is 5.07. The van der Waals surface area contributed by atoms with Crippen molar-refractivity contribution in [2.75, 3.05) is 18.8 Å². The van der Waals surface area contributed by atoms with Crippen LogP contribution in [-0.4, -0.2) is 60.1 Å². The van der Waals surface area contributed by atoms with Gasteiger partial charge in [-0.05, 0) is 32.1 Å². The molecule has 2 fully saturated rings. The fourth-order valence-electron chi connectivity index (χ4n) is 3.30. The van der Waals surface area contributed by atoms with Crippen LogP contribution >= 0.6 is 0 Å². The minimum atomic E-state index is -3.11. The van der Waals surface area contributed by atoms with E-state index in [2.05, 4.69) is 5.32 Å². The van der Waals surface area contributed by atoms with Crippen molar-refractivity contribution in [3.05, 3.63) is 0 Å². The van der Waals surface area contributed by atoms with Crippen molar-refractivity contribution >= 4 is 21.8 Å². The van der Waals surface area contributed by atoms with E-state index in [4.69, 9.17) is 0 Å². The van der Waals surface area contributed by atoms with Crippen LogP contribution in [0.4, 0.5) is 4.79 Å². The van der Waals surface area contributed by atoms with Gasteiger partial charge in [0.1, 0.15) is 5.54 Å². The van der Waals surface area contributed by atoms with Crippen molar-refractivity contribution in [3.8, 4) is 0 Å². The quantitative estimate of drug-likeness (QED) is 0.790. The van der Waals surface area contributed by atoms with E-state index in [0.29, 0.717) is 38.6 Å². The first-order valence-corrected chi connectivity index (χ1v) is 9.05. The highest BCUT2D eigenvalue weighted by molar-refractivity contribution is 7.92. The van der Waals surface area contributed by atoms with E-state index < -0.39 is 32.6 Å². The maximum atomic E-state index is 12.2. The summed E-state index contributed by atoms with van der Waals surface area (Å²) in [6.07, 6.45) is 2.61. The molecule has 2 N–H and O–H groups in total. The Hall–Kier alpha value is -1.31. The van der Waals surface area contributed by atoms with Gasteiger partial charge in [-0.15, -0.1) is 0 Å². The van der Waals surface area contributed by atoms with E-state index in [0.717, 1.165) is 0 Å². The Morgan fingerprint density at radius 1 is 1.38 bits per heavy atom. The average molecular weight is 318 g/mol. The number of urea groups is 1. The molecule has 0 aromatic carbocycles. The highest BCUT2D eigenvalue weighted by Crippen LogP contribution is 2.32. The molecule has 2 aliphatic rings. The molecule has 0 aromatic rings. The number of carbonyl (C=O) groups excluding carboxylic acids is 1. The first-order valence-electron chi connectivity index (χ1n) is 7.34. The summed E-state index contributed by atoms with van der Waals surface area (Å²) in [5.41, 5.74) is -1.15. The molecule has 120 valence electrons. The zero-order chi connectivity index (χ0) is 15.7. The van der Waals surface area contributed by atoms with Crippen LogP contribution in [-0.2, 0) is 14.6 Å². The van der Waals surface area contributed by atoms with Crippen molar-refractivity contribution in [2.24, 2.45) is 0 Å². The molecular formula is C13H22N2O5S. The van der Waals surface area contributed by atoms with Crippen molar-refractivity contribution < 1.29 is 23.1 Å². The molecule has 0 bridgehead atoms. The summed E-state index contributed by atoms with van der Waals surface area (Å²) in [4.78, 5) is 25.1. The molecular weight excluding hydrogens is 296 g/mol. The summed E-state index contributed by atoms with van der Waals surface area (Å²) in [5.74, 6) is -0.822. The van der Waals surface area contributed by atoms with Crippen LogP contribution in [0.15, 0.2) is 0 Å². The Kier molecular flexibility index (Phi) is 4.46. The molecule has 0 aromatic heterocycles. The SMILES string of the molecule is CCC1(C(=O)O)CCCN1C(=O)NCC1CCCS1(=O)=O. The highest BCUT2D eigenvalue weighted by atomic mass is 32.2. The van der Waals surface area contributed by atoms with E-state index in [9.17, 15) is 23.1 Å². The number of aliphatic carboxylic acids is 1. The van der Waals surface area contributed by atoms with Crippen molar-refractivity contribution in [1.29, 1.82) is 0 Å². The van der Waals surface area contributed by atoms with Crippen LogP contribution in [0, 0.1) is 0 Å². The molecule has 2 saturated heterocycles. The number of rotatable bonds is 4. The summed E-state index contributed by atoms with van der Waals surface area (Å²) in [5, 5.41) is 11.5. The summed E-state index contributed by atoms with van der Waals surface area (Å²) in [6.45, 7) is 2.21. The molecule has 7 nitrogen and oxygen atoms in total. The van der Waals surface area contributed by atoms with Crippen LogP contribution in [0.25, 0.3) is 0 Å². The molecule has 21 heavy (non-hydrogen) atoms. The third-order valence-corrected chi connectivity index (χ3v) is 6.94. The minimum absolute atomic E-state index is 0.0665. The largest absolute Gasteiger partial charge is 0.479 e. The third-order valence-electron chi connectivity index (χ3n) is 4.66. The smallest absolute Gasteiger partial charge is 0.329 e. The van der Waals surface area contributed by atoms with E-state index in [1.54, 1.807) is 6.92 Å². The van der Waals surface area contributed by atoms with Gasteiger partial charge in [0.25, 0.3) is 0 Å². The zero-order valence-electron chi connectivity index (χ0n) is 12.2. The number of amides is 2. The predicted octanol–water partition coefficient (Wildman–Crippen LogP) is 0.602. The zero-order valence-corrected chi connectivity index (χ0v) is 13.0. The maximum absolute atomic E-state index is 12.2. The van der Waals surface area contributed by atoms with Gasteiger partial charge in [-0.1, -0.05) is 6.92 Å². The average Bonchev–Trinajstić information content (AvgIpc) is 2.99. The molecule has 8 heteroatoms. The van der Waals surface area contributed by atoms with Crippen molar-refractivity contribution in [2.45, 2.75) is 49.8 Å². The van der Waals surface area contributed by atoms with Gasteiger partial charge >= 0.3 is 12.0 Å². The second kappa shape index (κ2) is 5.82. The van der Waals surface area contributed by atoms with E-state index in [1.807, 2.05) is 0 Å². The van der Waals surface area contributed by atoms with Crippen LogP contribution in [0.2, 0.25) is 0 Å². The van der Waals surface area contributed by atoms with Crippen LogP contribution in [0.5, 0.6) is 0 Å². The Labute approximate surface area is 124 Å². The van der Waals surface area contributed by atoms with Crippen molar-refractivity contribution in [3.63, 3.8) is 0 Å². The normalized spacial score (nSPS) is 31.3. The Morgan fingerprint density at radius 3 is 2.62 bits per heavy atom. The minimum Gasteiger partial charge on any atom is -0.479 e. The molecule has 2 heterocycles. The van der Waals surface area contributed by atoms with Crippen molar-refractivity contribution in [1.82, 2.24) is 10.2 Å². The monoisotopic (exact) mass is 318 g/mol. The summed E-state index contributed by atoms with van der Waals surface area (Å²) in [7, 11) is -3.11. The van der Waals surface area contributed by atoms with Gasteiger partial charge in [0.2, 0.25) is 0 Å². The lowest BCUT2D eigenvalue weighted by atomic mass is 9.93. The number of carboxylic acid groups (broad SMARTS) is 1. The van der Waals surface area contributed by atoms with E-state index in [1.165, 1.54) is 4.90 Å². The first-order chi connectivity index (χ1) is 9.83. The van der Waals surface area contributed by atoms with Crippen LogP contribution < -0.4 is 5.32 Å². The lowest BCUT2D eigenvalue weighted by Gasteiger charge is -2.34. The number of sulfone groups is 1. The van der Waals surface area contributed by atoms with Gasteiger partial charge in [0.05, 0.1) is 11.0 Å². The molecule has 2 aliphatic heterocycles. The molecule has 2 unspecified atom stereocenters. The number of nitrogens with zero attached hydrogens (tertiary/aromatic N) is 1. The first kappa shape index (κ1) is 16.1. The molecule has 0 radical (unpaired) electrons. The summed E-state index contributed by atoms with van der Waals surface area (Å²) >= 11 is 0. The van der Waals surface area contributed by atoms with Gasteiger partial charge in [0.15, 0.2) is 9.84 Å². The Balaban J connectivity index is 2.01. The van der Waals surface area contributed by atoms with Gasteiger partial charge in [-0.2, -0.15) is 0 Å². The number of nitrogens with one attached hydrogen (secondary N) is 1. The van der Waals surface area contributed by atoms with E-state index >= 15 is 0 Å². The standard InChI is InChI=1S/C13H22N2O5S/c1-2-13(11(16)17)6-4-7-15(13)12(18)14-9-10-5-3-8-21(10,19)20/h10H,2-9H2,1H3,(H,14,18)(H,16,17). The molecule has 0 aliphatic carbocycles. The van der Waals surface area contributed by atoms with Gasteiger partial charge < -0.3 is 15.3 Å². The molecule has 2 rings (SSSR count). The Bertz CT molecular complexity index is 533. The lowest BCUT2D eigenvalue weighted by Crippen LogP contribution is -2.56. The van der Waals surface area contributed by atoms with Gasteiger partial charge in [-0.25, -0.2) is 18.0 Å². The molecule has 2 amide bonds. The van der Waals surface area contributed by atoms with E-state index in [-0.39, 0.29) is 12.3 Å². The predicted molar refractivity (Wildman–Crippen MR) is 76.8 cm³/mol. The van der Waals surface area contributed by atoms with Gasteiger partial charge in [0, 0.05) is 13.1 Å². The maximum Gasteiger partial charge on any atom is 0.329 e. The highest BCUT2D eigenvalue weighted by Gasteiger charge is 2.48. The Morgan fingerprint density at radius 2 is 2.10 bits per heavy atom. The number of likely N-dealkylation sites (tertiary alicyclic amines) is 1. The lowest BCUT2D eigenvalue weighted by molar-refractivity contribution is -0.148. The van der Waals surface area contributed by atoms with Gasteiger partial charge in [-0.3, -0.25) is 0 Å².